The normalized spacial score (nSPS) is 10.9. The first-order valence-corrected chi connectivity index (χ1v) is 8.57. The first-order chi connectivity index (χ1) is 10.5. The number of aromatic nitrogens is 1. The van der Waals surface area contributed by atoms with Crippen LogP contribution < -0.4 is 5.32 Å². The number of aryl methyl sites for hydroxylation is 1. The zero-order valence-electron chi connectivity index (χ0n) is 14.6. The highest BCUT2D eigenvalue weighted by Gasteiger charge is 2.15. The third-order valence-electron chi connectivity index (χ3n) is 3.40. The zero-order chi connectivity index (χ0) is 16.5. The van der Waals surface area contributed by atoms with Gasteiger partial charge in [0.2, 0.25) is 5.91 Å². The lowest BCUT2D eigenvalue weighted by Gasteiger charge is -2.25. The third-order valence-corrected chi connectivity index (χ3v) is 4.32. The monoisotopic (exact) mass is 453 g/mol. The summed E-state index contributed by atoms with van der Waals surface area (Å²) < 4.78 is 0. The van der Waals surface area contributed by atoms with E-state index in [-0.39, 0.29) is 29.9 Å². The maximum atomic E-state index is 12.2. The molecule has 1 aromatic rings. The standard InChI is InChI=1S/C15H27N5OS.HI/c1-6-16-15(17-9-13-12(4)18-11-22-13)19(5)10-14(21)20(7-2)8-3;/h11H,6-10H2,1-5H3,(H,16,17);1H. The molecule has 23 heavy (non-hydrogen) atoms. The Bertz CT molecular complexity index is 502. The summed E-state index contributed by atoms with van der Waals surface area (Å²) in [5.41, 5.74) is 2.85. The number of thiazole rings is 1. The lowest BCUT2D eigenvalue weighted by Crippen LogP contribution is -2.45. The summed E-state index contributed by atoms with van der Waals surface area (Å²) in [4.78, 5) is 25.9. The van der Waals surface area contributed by atoms with Crippen LogP contribution in [-0.2, 0) is 11.3 Å². The number of guanidine groups is 1. The molecule has 1 amide bonds. The fourth-order valence-corrected chi connectivity index (χ4v) is 2.75. The Balaban J connectivity index is 0.00000484. The molecule has 0 aromatic carbocycles. The van der Waals surface area contributed by atoms with Crippen LogP contribution in [0.15, 0.2) is 10.5 Å². The molecule has 0 bridgehead atoms. The zero-order valence-corrected chi connectivity index (χ0v) is 17.8. The minimum Gasteiger partial charge on any atom is -0.357 e. The van der Waals surface area contributed by atoms with Gasteiger partial charge in [-0.3, -0.25) is 4.79 Å². The second-order valence-electron chi connectivity index (χ2n) is 4.95. The number of carbonyl (C=O) groups is 1. The van der Waals surface area contributed by atoms with E-state index in [0.717, 1.165) is 36.2 Å². The molecule has 0 unspecified atom stereocenters. The van der Waals surface area contributed by atoms with Crippen molar-refractivity contribution in [3.8, 4) is 0 Å². The highest BCUT2D eigenvalue weighted by Crippen LogP contribution is 2.13. The predicted octanol–water partition coefficient (Wildman–Crippen LogP) is 2.34. The summed E-state index contributed by atoms with van der Waals surface area (Å²) >= 11 is 1.61. The maximum absolute atomic E-state index is 12.2. The molecule has 1 N–H and O–H groups in total. The summed E-state index contributed by atoms with van der Waals surface area (Å²) in [6.45, 7) is 11.1. The fourth-order valence-electron chi connectivity index (χ4n) is 2.05. The molecule has 132 valence electrons. The van der Waals surface area contributed by atoms with Gasteiger partial charge in [-0.25, -0.2) is 9.98 Å². The van der Waals surface area contributed by atoms with Crippen molar-refractivity contribution in [3.63, 3.8) is 0 Å². The Morgan fingerprint density at radius 3 is 2.48 bits per heavy atom. The molecule has 1 heterocycles. The topological polar surface area (TPSA) is 60.8 Å². The average Bonchev–Trinajstić information content (AvgIpc) is 2.90. The summed E-state index contributed by atoms with van der Waals surface area (Å²) in [5.74, 6) is 0.864. The molecule has 0 radical (unpaired) electrons. The number of amides is 1. The summed E-state index contributed by atoms with van der Waals surface area (Å²) in [6.07, 6.45) is 0. The van der Waals surface area contributed by atoms with E-state index in [9.17, 15) is 4.79 Å². The number of carbonyl (C=O) groups excluding carboxylic acids is 1. The number of likely N-dealkylation sites (N-methyl/N-ethyl adjacent to an activating group) is 2. The van der Waals surface area contributed by atoms with Gasteiger partial charge in [-0.15, -0.1) is 35.3 Å². The van der Waals surface area contributed by atoms with Gasteiger partial charge in [-0.1, -0.05) is 0 Å². The lowest BCUT2D eigenvalue weighted by molar-refractivity contribution is -0.131. The van der Waals surface area contributed by atoms with Crippen LogP contribution in [0.4, 0.5) is 0 Å². The molecule has 6 nitrogen and oxygen atoms in total. The minimum atomic E-state index is 0. The van der Waals surface area contributed by atoms with Crippen LogP contribution in [-0.4, -0.2) is 59.9 Å². The van der Waals surface area contributed by atoms with Gasteiger partial charge in [0.05, 0.1) is 24.3 Å². The number of nitrogens with one attached hydrogen (secondary N) is 1. The van der Waals surface area contributed by atoms with Gasteiger partial charge in [-0.2, -0.15) is 0 Å². The Morgan fingerprint density at radius 2 is 2.00 bits per heavy atom. The van der Waals surface area contributed by atoms with Crippen LogP contribution in [0.1, 0.15) is 31.3 Å². The Labute approximate surface area is 160 Å². The van der Waals surface area contributed by atoms with Crippen molar-refractivity contribution in [1.29, 1.82) is 0 Å². The Hall–Kier alpha value is -0.900. The van der Waals surface area contributed by atoms with E-state index < -0.39 is 0 Å². The van der Waals surface area contributed by atoms with Gasteiger partial charge in [-0.05, 0) is 27.7 Å². The van der Waals surface area contributed by atoms with Gasteiger partial charge >= 0.3 is 0 Å². The van der Waals surface area contributed by atoms with Crippen molar-refractivity contribution in [1.82, 2.24) is 20.1 Å². The average molecular weight is 453 g/mol. The lowest BCUT2D eigenvalue weighted by atomic mass is 10.4. The van der Waals surface area contributed by atoms with Crippen LogP contribution >= 0.6 is 35.3 Å². The molecular weight excluding hydrogens is 425 g/mol. The van der Waals surface area contributed by atoms with E-state index in [1.54, 1.807) is 11.3 Å². The van der Waals surface area contributed by atoms with E-state index in [1.165, 1.54) is 0 Å². The first-order valence-electron chi connectivity index (χ1n) is 7.69. The van der Waals surface area contributed by atoms with Crippen LogP contribution in [0, 0.1) is 6.92 Å². The van der Waals surface area contributed by atoms with Crippen molar-refractivity contribution in [2.45, 2.75) is 34.2 Å². The summed E-state index contributed by atoms with van der Waals surface area (Å²) in [6, 6.07) is 0. The van der Waals surface area contributed by atoms with Crippen LogP contribution in [0.25, 0.3) is 0 Å². The molecule has 0 aliphatic carbocycles. The maximum Gasteiger partial charge on any atom is 0.242 e. The molecule has 0 atom stereocenters. The number of rotatable bonds is 7. The van der Waals surface area contributed by atoms with E-state index in [0.29, 0.717) is 13.1 Å². The number of hydrogen-bond donors (Lipinski definition) is 1. The van der Waals surface area contributed by atoms with Crippen molar-refractivity contribution in [2.24, 2.45) is 4.99 Å². The van der Waals surface area contributed by atoms with Crippen LogP contribution in [0.2, 0.25) is 0 Å². The molecule has 0 saturated carbocycles. The van der Waals surface area contributed by atoms with E-state index >= 15 is 0 Å². The number of halogens is 1. The highest BCUT2D eigenvalue weighted by molar-refractivity contribution is 14.0. The largest absolute Gasteiger partial charge is 0.357 e. The molecule has 0 aliphatic rings. The second-order valence-corrected chi connectivity index (χ2v) is 5.89. The predicted molar refractivity (Wildman–Crippen MR) is 108 cm³/mol. The first kappa shape index (κ1) is 22.1. The Kier molecular flexibility index (Phi) is 11.2. The molecule has 1 rings (SSSR count). The van der Waals surface area contributed by atoms with Gasteiger partial charge in [0.1, 0.15) is 0 Å². The third kappa shape index (κ3) is 7.03. The highest BCUT2D eigenvalue weighted by atomic mass is 127. The fraction of sp³-hybridized carbons (Fsp3) is 0.667. The second kappa shape index (κ2) is 11.6. The van der Waals surface area contributed by atoms with E-state index in [2.05, 4.69) is 15.3 Å². The number of nitrogens with zero attached hydrogens (tertiary/aromatic N) is 4. The summed E-state index contributed by atoms with van der Waals surface area (Å²) in [5, 5.41) is 3.23. The molecular formula is C15H28IN5OS. The molecule has 0 fully saturated rings. The molecule has 0 saturated heterocycles. The number of hydrogen-bond acceptors (Lipinski definition) is 4. The quantitative estimate of drug-likeness (QED) is 0.391. The van der Waals surface area contributed by atoms with Crippen molar-refractivity contribution in [2.75, 3.05) is 33.2 Å². The summed E-state index contributed by atoms with van der Waals surface area (Å²) in [7, 11) is 1.89. The van der Waals surface area contributed by atoms with Gasteiger partial charge < -0.3 is 15.1 Å². The van der Waals surface area contributed by atoms with Crippen molar-refractivity contribution in [3.05, 3.63) is 16.1 Å². The minimum absolute atomic E-state index is 0. The van der Waals surface area contributed by atoms with E-state index in [4.69, 9.17) is 0 Å². The van der Waals surface area contributed by atoms with Gasteiger partial charge in [0.25, 0.3) is 0 Å². The number of aliphatic imine (C=N–C) groups is 1. The van der Waals surface area contributed by atoms with Crippen LogP contribution in [0.3, 0.4) is 0 Å². The molecule has 8 heteroatoms. The van der Waals surface area contributed by atoms with Gasteiger partial charge in [0.15, 0.2) is 5.96 Å². The SMILES string of the molecule is CCNC(=NCc1scnc1C)N(C)CC(=O)N(CC)CC.I. The van der Waals surface area contributed by atoms with Gasteiger partial charge in [0, 0.05) is 31.6 Å². The Morgan fingerprint density at radius 1 is 1.35 bits per heavy atom. The van der Waals surface area contributed by atoms with Crippen molar-refractivity contribution >= 4 is 47.2 Å². The van der Waals surface area contributed by atoms with E-state index in [1.807, 2.05) is 50.1 Å². The molecule has 0 spiro atoms. The smallest absolute Gasteiger partial charge is 0.242 e. The molecule has 1 aromatic heterocycles. The molecule has 0 aliphatic heterocycles. The van der Waals surface area contributed by atoms with Crippen molar-refractivity contribution < 1.29 is 4.79 Å². The van der Waals surface area contributed by atoms with Crippen LogP contribution in [0.5, 0.6) is 0 Å².